The number of nitrogens with one attached hydrogen (secondary N) is 2. The minimum Gasteiger partial charge on any atom is -0.493 e. The van der Waals surface area contributed by atoms with Gasteiger partial charge in [-0.1, -0.05) is 46.3 Å². The summed E-state index contributed by atoms with van der Waals surface area (Å²) >= 11 is 3.41. The average Bonchev–Trinajstić information content (AvgIpc) is 2.58. The first-order valence-electron chi connectivity index (χ1n) is 8.10. The van der Waals surface area contributed by atoms with E-state index in [0.29, 0.717) is 19.7 Å². The fraction of sp³-hybridized carbons (Fsp3) is 0.316. The molecule has 0 fully saturated rings. The van der Waals surface area contributed by atoms with Gasteiger partial charge in [0.15, 0.2) is 0 Å². The molecule has 0 spiro atoms. The van der Waals surface area contributed by atoms with Gasteiger partial charge in [0.2, 0.25) is 0 Å². The number of benzene rings is 2. The standard InChI is InChI=1S/C19H23BrN2O2/c1-15-5-2-3-6-18(15)24-14-4-12-21-19(23)22-13-11-16-7-9-17(20)10-8-16/h2-3,5-10H,4,11-14H2,1H3,(H2,21,22,23). The summed E-state index contributed by atoms with van der Waals surface area (Å²) in [5.41, 5.74) is 2.32. The third-order valence-corrected chi connectivity index (χ3v) is 4.10. The second-order valence-electron chi connectivity index (χ2n) is 5.53. The normalized spacial score (nSPS) is 10.2. The van der Waals surface area contributed by atoms with Crippen LogP contribution in [0.1, 0.15) is 17.5 Å². The number of rotatable bonds is 8. The number of hydrogen-bond acceptors (Lipinski definition) is 2. The maximum absolute atomic E-state index is 11.7. The van der Waals surface area contributed by atoms with Crippen LogP contribution in [-0.2, 0) is 6.42 Å². The SMILES string of the molecule is Cc1ccccc1OCCCNC(=O)NCCc1ccc(Br)cc1. The van der Waals surface area contributed by atoms with Crippen molar-refractivity contribution in [3.63, 3.8) is 0 Å². The van der Waals surface area contributed by atoms with E-state index in [-0.39, 0.29) is 6.03 Å². The summed E-state index contributed by atoms with van der Waals surface area (Å²) < 4.78 is 6.75. The highest BCUT2D eigenvalue weighted by atomic mass is 79.9. The summed E-state index contributed by atoms with van der Waals surface area (Å²) in [6.07, 6.45) is 1.59. The van der Waals surface area contributed by atoms with Crippen molar-refractivity contribution >= 4 is 22.0 Å². The van der Waals surface area contributed by atoms with Crippen molar-refractivity contribution in [2.24, 2.45) is 0 Å². The molecule has 0 radical (unpaired) electrons. The highest BCUT2D eigenvalue weighted by molar-refractivity contribution is 9.10. The zero-order valence-electron chi connectivity index (χ0n) is 13.8. The minimum absolute atomic E-state index is 0.136. The van der Waals surface area contributed by atoms with Gasteiger partial charge in [0, 0.05) is 17.6 Å². The van der Waals surface area contributed by atoms with Crippen molar-refractivity contribution in [3.05, 3.63) is 64.1 Å². The number of halogens is 1. The molecule has 2 aromatic carbocycles. The highest BCUT2D eigenvalue weighted by Crippen LogP contribution is 2.16. The van der Waals surface area contributed by atoms with Gasteiger partial charge in [-0.15, -0.1) is 0 Å². The van der Waals surface area contributed by atoms with Crippen LogP contribution >= 0.6 is 15.9 Å². The molecule has 0 aliphatic rings. The van der Waals surface area contributed by atoms with E-state index in [9.17, 15) is 4.79 Å². The van der Waals surface area contributed by atoms with Crippen LogP contribution in [0.3, 0.4) is 0 Å². The number of amides is 2. The molecule has 2 aromatic rings. The summed E-state index contributed by atoms with van der Waals surface area (Å²) in [4.78, 5) is 11.7. The first-order chi connectivity index (χ1) is 11.6. The molecule has 0 saturated carbocycles. The van der Waals surface area contributed by atoms with Gasteiger partial charge in [-0.25, -0.2) is 4.79 Å². The molecule has 2 N–H and O–H groups in total. The molecule has 0 unspecified atom stereocenters. The van der Waals surface area contributed by atoms with E-state index in [1.54, 1.807) is 0 Å². The molecule has 2 amide bonds. The van der Waals surface area contributed by atoms with Gasteiger partial charge < -0.3 is 15.4 Å². The van der Waals surface area contributed by atoms with Crippen molar-refractivity contribution in [3.8, 4) is 5.75 Å². The monoisotopic (exact) mass is 390 g/mol. The molecule has 0 atom stereocenters. The molecular weight excluding hydrogens is 368 g/mol. The van der Waals surface area contributed by atoms with E-state index in [0.717, 1.165) is 28.6 Å². The predicted octanol–water partition coefficient (Wildman–Crippen LogP) is 4.07. The number of para-hydroxylation sites is 1. The molecule has 4 nitrogen and oxygen atoms in total. The third-order valence-electron chi connectivity index (χ3n) is 3.57. The van der Waals surface area contributed by atoms with Gasteiger partial charge >= 0.3 is 6.03 Å². The summed E-state index contributed by atoms with van der Waals surface area (Å²) in [6, 6.07) is 15.9. The summed E-state index contributed by atoms with van der Waals surface area (Å²) in [5, 5.41) is 5.70. The highest BCUT2D eigenvalue weighted by Gasteiger charge is 2.01. The van der Waals surface area contributed by atoms with Crippen molar-refractivity contribution in [2.75, 3.05) is 19.7 Å². The first kappa shape index (κ1) is 18.3. The minimum atomic E-state index is -0.136. The Kier molecular flexibility index (Phi) is 7.62. The Morgan fingerprint density at radius 1 is 1.04 bits per heavy atom. The molecule has 0 aliphatic heterocycles. The van der Waals surface area contributed by atoms with Crippen LogP contribution in [0.15, 0.2) is 53.0 Å². The number of aryl methyl sites for hydroxylation is 1. The molecule has 0 saturated heterocycles. The third kappa shape index (κ3) is 6.62. The maximum Gasteiger partial charge on any atom is 0.314 e. The smallest absolute Gasteiger partial charge is 0.314 e. The van der Waals surface area contributed by atoms with Crippen molar-refractivity contribution < 1.29 is 9.53 Å². The molecule has 0 aromatic heterocycles. The fourth-order valence-electron chi connectivity index (χ4n) is 2.21. The first-order valence-corrected chi connectivity index (χ1v) is 8.89. The van der Waals surface area contributed by atoms with Crippen molar-refractivity contribution in [1.29, 1.82) is 0 Å². The van der Waals surface area contributed by atoms with Crippen LogP contribution in [0.25, 0.3) is 0 Å². The van der Waals surface area contributed by atoms with E-state index in [1.165, 1.54) is 5.56 Å². The zero-order valence-corrected chi connectivity index (χ0v) is 15.4. The second kappa shape index (κ2) is 9.98. The number of hydrogen-bond donors (Lipinski definition) is 2. The molecule has 0 aliphatic carbocycles. The molecule has 0 bridgehead atoms. The Morgan fingerprint density at radius 3 is 2.50 bits per heavy atom. The van der Waals surface area contributed by atoms with Crippen LogP contribution < -0.4 is 15.4 Å². The van der Waals surface area contributed by atoms with E-state index >= 15 is 0 Å². The maximum atomic E-state index is 11.7. The van der Waals surface area contributed by atoms with Crippen LogP contribution in [0.2, 0.25) is 0 Å². The Morgan fingerprint density at radius 2 is 1.75 bits per heavy atom. The lowest BCUT2D eigenvalue weighted by Crippen LogP contribution is -2.37. The van der Waals surface area contributed by atoms with Gasteiger partial charge in [0.25, 0.3) is 0 Å². The van der Waals surface area contributed by atoms with Gasteiger partial charge in [-0.2, -0.15) is 0 Å². The Labute approximate surface area is 151 Å². The van der Waals surface area contributed by atoms with E-state index in [4.69, 9.17) is 4.74 Å². The Balaban J connectivity index is 1.53. The van der Waals surface area contributed by atoms with E-state index in [2.05, 4.69) is 26.6 Å². The second-order valence-corrected chi connectivity index (χ2v) is 6.44. The van der Waals surface area contributed by atoms with Crippen LogP contribution in [-0.4, -0.2) is 25.7 Å². The van der Waals surface area contributed by atoms with Crippen LogP contribution in [0.5, 0.6) is 5.75 Å². The number of carbonyl (C=O) groups is 1. The molecule has 5 heteroatoms. The summed E-state index contributed by atoms with van der Waals surface area (Å²) in [6.45, 7) is 3.82. The lowest BCUT2D eigenvalue weighted by atomic mass is 10.1. The van der Waals surface area contributed by atoms with E-state index in [1.807, 2.05) is 55.5 Å². The number of carbonyl (C=O) groups excluding carboxylic acids is 1. The largest absolute Gasteiger partial charge is 0.493 e. The molecule has 24 heavy (non-hydrogen) atoms. The lowest BCUT2D eigenvalue weighted by molar-refractivity contribution is 0.239. The fourth-order valence-corrected chi connectivity index (χ4v) is 2.47. The Bertz CT molecular complexity index is 644. The number of urea groups is 1. The molecule has 2 rings (SSSR count). The van der Waals surface area contributed by atoms with Gasteiger partial charge in [-0.05, 0) is 49.1 Å². The van der Waals surface area contributed by atoms with Crippen molar-refractivity contribution in [1.82, 2.24) is 10.6 Å². The van der Waals surface area contributed by atoms with Crippen LogP contribution in [0.4, 0.5) is 4.79 Å². The van der Waals surface area contributed by atoms with Crippen LogP contribution in [0, 0.1) is 6.92 Å². The topological polar surface area (TPSA) is 50.4 Å². The number of ether oxygens (including phenoxy) is 1. The van der Waals surface area contributed by atoms with E-state index < -0.39 is 0 Å². The summed E-state index contributed by atoms with van der Waals surface area (Å²) in [5.74, 6) is 0.899. The molecule has 0 heterocycles. The van der Waals surface area contributed by atoms with Gasteiger partial charge in [0.1, 0.15) is 5.75 Å². The van der Waals surface area contributed by atoms with Crippen molar-refractivity contribution in [2.45, 2.75) is 19.8 Å². The lowest BCUT2D eigenvalue weighted by Gasteiger charge is -2.10. The quantitative estimate of drug-likeness (QED) is 0.667. The molecular formula is C19H23BrN2O2. The average molecular weight is 391 g/mol. The predicted molar refractivity (Wildman–Crippen MR) is 101 cm³/mol. The van der Waals surface area contributed by atoms with Gasteiger partial charge in [0.05, 0.1) is 6.61 Å². The zero-order chi connectivity index (χ0) is 17.2. The summed E-state index contributed by atoms with van der Waals surface area (Å²) in [7, 11) is 0. The van der Waals surface area contributed by atoms with Gasteiger partial charge in [-0.3, -0.25) is 0 Å². The Hall–Kier alpha value is -2.01. The molecule has 128 valence electrons.